The molecule has 0 atom stereocenters. The van der Waals surface area contributed by atoms with Gasteiger partial charge in [0.25, 0.3) is 0 Å². The third kappa shape index (κ3) is 5.19. The van der Waals surface area contributed by atoms with E-state index in [0.717, 1.165) is 12.1 Å². The second-order valence-corrected chi connectivity index (χ2v) is 6.84. The monoisotopic (exact) mass is 404 g/mol. The second-order valence-electron chi connectivity index (χ2n) is 6.84. The zero-order chi connectivity index (χ0) is 21.0. The number of benzene rings is 1. The topological polar surface area (TPSA) is 87.7 Å². The summed E-state index contributed by atoms with van der Waals surface area (Å²) in [7, 11) is 0. The van der Waals surface area contributed by atoms with E-state index in [-0.39, 0.29) is 18.4 Å². The molecular formula is C19H19F3N6O. The summed E-state index contributed by atoms with van der Waals surface area (Å²) in [5.41, 5.74) is 0.00377. The lowest BCUT2D eigenvalue weighted by molar-refractivity contribution is -0.137. The van der Waals surface area contributed by atoms with Gasteiger partial charge >= 0.3 is 6.18 Å². The van der Waals surface area contributed by atoms with E-state index in [1.807, 2.05) is 0 Å². The maximum atomic E-state index is 13.1. The van der Waals surface area contributed by atoms with E-state index in [2.05, 4.69) is 21.5 Å². The van der Waals surface area contributed by atoms with Crippen LogP contribution in [0.1, 0.15) is 35.4 Å². The molecule has 10 heteroatoms. The number of aromatic nitrogens is 4. The van der Waals surface area contributed by atoms with Gasteiger partial charge in [0.15, 0.2) is 5.82 Å². The molecule has 1 amide bonds. The van der Waals surface area contributed by atoms with Crippen molar-refractivity contribution in [1.82, 2.24) is 25.1 Å². The van der Waals surface area contributed by atoms with Crippen LogP contribution in [0.15, 0.2) is 24.3 Å². The molecule has 1 aliphatic heterocycles. The van der Waals surface area contributed by atoms with Gasteiger partial charge in [-0.2, -0.15) is 23.2 Å². The van der Waals surface area contributed by atoms with Crippen LogP contribution in [0.2, 0.25) is 0 Å². The lowest BCUT2D eigenvalue weighted by Gasteiger charge is -2.28. The molecule has 2 aromatic rings. The molecule has 1 fully saturated rings. The predicted octanol–water partition coefficient (Wildman–Crippen LogP) is 2.82. The Morgan fingerprint density at radius 2 is 2.07 bits per heavy atom. The molecule has 1 aromatic heterocycles. The van der Waals surface area contributed by atoms with Gasteiger partial charge in [-0.05, 0) is 54.3 Å². The predicted molar refractivity (Wildman–Crippen MR) is 97.1 cm³/mol. The summed E-state index contributed by atoms with van der Waals surface area (Å²) in [6, 6.07) is 5.54. The van der Waals surface area contributed by atoms with Crippen LogP contribution < -0.4 is 0 Å². The van der Waals surface area contributed by atoms with E-state index in [4.69, 9.17) is 5.26 Å². The van der Waals surface area contributed by atoms with Crippen molar-refractivity contribution in [2.24, 2.45) is 5.92 Å². The van der Waals surface area contributed by atoms with Crippen LogP contribution in [0, 0.1) is 24.2 Å². The van der Waals surface area contributed by atoms with Gasteiger partial charge in [-0.15, -0.1) is 10.2 Å². The Morgan fingerprint density at radius 1 is 1.34 bits per heavy atom. The summed E-state index contributed by atoms with van der Waals surface area (Å²) in [4.78, 5) is 15.2. The number of alkyl halides is 3. The van der Waals surface area contributed by atoms with Crippen molar-refractivity contribution in [1.29, 1.82) is 5.26 Å². The van der Waals surface area contributed by atoms with E-state index in [1.54, 1.807) is 11.8 Å². The van der Waals surface area contributed by atoms with Gasteiger partial charge in [0, 0.05) is 25.1 Å². The van der Waals surface area contributed by atoms with E-state index >= 15 is 0 Å². The Hall–Kier alpha value is -3.22. The maximum absolute atomic E-state index is 13.1. The lowest BCUT2D eigenvalue weighted by Crippen LogP contribution is -2.37. The van der Waals surface area contributed by atoms with Crippen molar-refractivity contribution in [3.05, 3.63) is 46.8 Å². The molecule has 2 heterocycles. The number of aryl methyl sites for hydroxylation is 1. The minimum atomic E-state index is -4.48. The fourth-order valence-corrected chi connectivity index (χ4v) is 3.12. The number of hydrogen-bond donors (Lipinski definition) is 0. The van der Waals surface area contributed by atoms with Crippen LogP contribution in [0.5, 0.6) is 0 Å². The molecule has 1 aromatic carbocycles. The number of hydrogen-bond acceptors (Lipinski definition) is 5. The molecule has 7 nitrogen and oxygen atoms in total. The van der Waals surface area contributed by atoms with Crippen molar-refractivity contribution in [3.8, 4) is 6.07 Å². The van der Waals surface area contributed by atoms with Crippen LogP contribution in [0.4, 0.5) is 13.2 Å². The molecule has 1 aliphatic rings. The largest absolute Gasteiger partial charge is 0.416 e. The smallest absolute Gasteiger partial charge is 0.339 e. The first kappa shape index (κ1) is 20.5. The van der Waals surface area contributed by atoms with Crippen molar-refractivity contribution >= 4 is 12.0 Å². The first-order valence-corrected chi connectivity index (χ1v) is 9.07. The molecule has 152 valence electrons. The van der Waals surface area contributed by atoms with Crippen LogP contribution in [-0.2, 0) is 17.5 Å². The van der Waals surface area contributed by atoms with E-state index in [0.29, 0.717) is 42.9 Å². The molecule has 1 saturated heterocycles. The number of carbonyl (C=O) groups is 1. The molecule has 29 heavy (non-hydrogen) atoms. The number of piperidine rings is 1. The van der Waals surface area contributed by atoms with Crippen LogP contribution in [0.25, 0.3) is 6.08 Å². The summed E-state index contributed by atoms with van der Waals surface area (Å²) in [6.45, 7) is 2.60. The minimum Gasteiger partial charge on any atom is -0.339 e. The number of carbonyl (C=O) groups excluding carboxylic acids is 1. The Balaban J connectivity index is 1.81. The number of nitrogens with zero attached hydrogens (tertiary/aromatic N) is 6. The fraction of sp³-hybridized carbons (Fsp3) is 0.421. The summed E-state index contributed by atoms with van der Waals surface area (Å²) < 4.78 is 39.3. The molecule has 3 rings (SSSR count). The number of halogens is 3. The number of rotatable bonds is 4. The number of amides is 1. The molecule has 0 aliphatic carbocycles. The zero-order valence-electron chi connectivity index (χ0n) is 15.7. The first-order valence-electron chi connectivity index (χ1n) is 9.07. The Morgan fingerprint density at radius 3 is 2.66 bits per heavy atom. The molecular weight excluding hydrogens is 385 g/mol. The van der Waals surface area contributed by atoms with Crippen LogP contribution in [0.3, 0.4) is 0 Å². The van der Waals surface area contributed by atoms with Gasteiger partial charge < -0.3 is 4.90 Å². The average molecular weight is 404 g/mol. The SMILES string of the molecule is Cc1nnn(Cc2cc(C(F)(F)F)ccc2/C=C/C(=O)N2CCC(C#N)CC2)n1. The summed E-state index contributed by atoms with van der Waals surface area (Å²) in [6.07, 6.45) is -0.391. The number of nitriles is 1. The molecule has 0 radical (unpaired) electrons. The highest BCUT2D eigenvalue weighted by molar-refractivity contribution is 5.92. The molecule has 0 bridgehead atoms. The third-order valence-electron chi connectivity index (χ3n) is 4.73. The third-order valence-corrected chi connectivity index (χ3v) is 4.73. The molecule has 0 saturated carbocycles. The van der Waals surface area contributed by atoms with Crippen molar-refractivity contribution < 1.29 is 18.0 Å². The molecule has 0 spiro atoms. The van der Waals surface area contributed by atoms with E-state index in [9.17, 15) is 18.0 Å². The highest BCUT2D eigenvalue weighted by Crippen LogP contribution is 2.31. The van der Waals surface area contributed by atoms with Crippen molar-refractivity contribution in [2.75, 3.05) is 13.1 Å². The zero-order valence-corrected chi connectivity index (χ0v) is 15.7. The van der Waals surface area contributed by atoms with Gasteiger partial charge in [0.05, 0.1) is 18.2 Å². The average Bonchev–Trinajstić information content (AvgIpc) is 3.10. The van der Waals surface area contributed by atoms with Crippen molar-refractivity contribution in [2.45, 2.75) is 32.5 Å². The summed E-state index contributed by atoms with van der Waals surface area (Å²) in [5, 5.41) is 20.5. The molecule has 0 N–H and O–H groups in total. The maximum Gasteiger partial charge on any atom is 0.416 e. The number of likely N-dealkylation sites (tertiary alicyclic amines) is 1. The Labute approximate surface area is 165 Å². The normalized spacial score (nSPS) is 15.6. The Bertz CT molecular complexity index is 952. The number of tetrazole rings is 1. The molecule has 0 unspecified atom stereocenters. The van der Waals surface area contributed by atoms with Gasteiger partial charge in [0.2, 0.25) is 5.91 Å². The minimum absolute atomic E-state index is 0.00775. The van der Waals surface area contributed by atoms with Gasteiger partial charge in [0.1, 0.15) is 0 Å². The van der Waals surface area contributed by atoms with Gasteiger partial charge in [-0.1, -0.05) is 6.07 Å². The quantitative estimate of drug-likeness (QED) is 0.732. The van der Waals surface area contributed by atoms with Crippen molar-refractivity contribution in [3.63, 3.8) is 0 Å². The van der Waals surface area contributed by atoms with Crippen LogP contribution in [-0.4, -0.2) is 44.1 Å². The van der Waals surface area contributed by atoms with Gasteiger partial charge in [-0.25, -0.2) is 0 Å². The summed E-state index contributed by atoms with van der Waals surface area (Å²) >= 11 is 0. The van der Waals surface area contributed by atoms with Gasteiger partial charge in [-0.3, -0.25) is 4.79 Å². The Kier molecular flexibility index (Phi) is 5.96. The first-order chi connectivity index (χ1) is 13.8. The van der Waals surface area contributed by atoms with E-state index < -0.39 is 11.7 Å². The van der Waals surface area contributed by atoms with E-state index in [1.165, 1.54) is 23.0 Å². The van der Waals surface area contributed by atoms with Crippen LogP contribution >= 0.6 is 0 Å². The standard InChI is InChI=1S/C19H19F3N6O/c1-13-24-26-28(25-13)12-16-10-17(19(20,21)22)4-2-15(16)3-5-18(29)27-8-6-14(11-23)7-9-27/h2-5,10,14H,6-9,12H2,1H3/b5-3+. The highest BCUT2D eigenvalue weighted by atomic mass is 19.4. The summed E-state index contributed by atoms with van der Waals surface area (Å²) in [5.74, 6) is 0.134. The fourth-order valence-electron chi connectivity index (χ4n) is 3.12. The highest BCUT2D eigenvalue weighted by Gasteiger charge is 2.31. The second kappa shape index (κ2) is 8.43. The lowest BCUT2D eigenvalue weighted by atomic mass is 9.98.